The average molecular weight is 299 g/mol. The average Bonchev–Trinajstić information content (AvgIpc) is 2.52. The lowest BCUT2D eigenvalue weighted by molar-refractivity contribution is 0.101. The topological polar surface area (TPSA) is 84.1 Å². The van der Waals surface area contributed by atoms with E-state index in [9.17, 15) is 4.79 Å². The third-order valence-electron chi connectivity index (χ3n) is 3.48. The number of rotatable bonds is 6. The van der Waals surface area contributed by atoms with Gasteiger partial charge in [0.2, 0.25) is 0 Å². The molecule has 6 heteroatoms. The van der Waals surface area contributed by atoms with Crippen molar-refractivity contribution in [2.45, 2.75) is 20.8 Å². The van der Waals surface area contributed by atoms with Crippen molar-refractivity contribution in [3.63, 3.8) is 0 Å². The molecule has 0 fully saturated rings. The number of Topliss-reactive ketones (excluding diaryl/α,β-unsaturated/α-hetero) is 1. The molecule has 0 unspecified atom stereocenters. The second-order valence-electron chi connectivity index (χ2n) is 4.89. The number of carbonyl (C=O) groups excluding carboxylic acids is 1. The van der Waals surface area contributed by atoms with E-state index in [0.717, 1.165) is 24.6 Å². The highest BCUT2D eigenvalue weighted by Crippen LogP contribution is 2.28. The van der Waals surface area contributed by atoms with Crippen LogP contribution in [-0.2, 0) is 0 Å². The zero-order valence-electron chi connectivity index (χ0n) is 13.1. The Labute approximate surface area is 130 Å². The van der Waals surface area contributed by atoms with Crippen molar-refractivity contribution in [3.8, 4) is 0 Å². The lowest BCUT2D eigenvalue weighted by Gasteiger charge is -2.22. The summed E-state index contributed by atoms with van der Waals surface area (Å²) in [5.41, 5.74) is 8.19. The maximum absolute atomic E-state index is 11.3. The summed E-state index contributed by atoms with van der Waals surface area (Å²) < 4.78 is 0. The maximum atomic E-state index is 11.3. The van der Waals surface area contributed by atoms with Gasteiger partial charge in [0.15, 0.2) is 17.4 Å². The van der Waals surface area contributed by atoms with Gasteiger partial charge in [-0.25, -0.2) is 9.97 Å². The molecule has 0 aliphatic rings. The monoisotopic (exact) mass is 299 g/mol. The minimum absolute atomic E-state index is 0.0388. The van der Waals surface area contributed by atoms with Gasteiger partial charge in [-0.15, -0.1) is 0 Å². The van der Waals surface area contributed by atoms with Crippen molar-refractivity contribution in [2.24, 2.45) is 0 Å². The quantitative estimate of drug-likeness (QED) is 0.798. The third kappa shape index (κ3) is 3.33. The largest absolute Gasteiger partial charge is 0.393 e. The molecular weight excluding hydrogens is 278 g/mol. The summed E-state index contributed by atoms with van der Waals surface area (Å²) in [5, 5.41) is 3.17. The lowest BCUT2D eigenvalue weighted by atomic mass is 10.1. The summed E-state index contributed by atoms with van der Waals surface area (Å²) in [7, 11) is 0. The van der Waals surface area contributed by atoms with Crippen LogP contribution >= 0.6 is 0 Å². The standard InChI is InChI=1S/C16H21N5O/c1-4-21(5-2)16-14(17)15(18-10-19-16)20-13-8-6-12(7-9-13)11(3)22/h6-10H,4-5,17H2,1-3H3,(H,18,19,20). The highest BCUT2D eigenvalue weighted by Gasteiger charge is 2.12. The van der Waals surface area contributed by atoms with Crippen molar-refractivity contribution < 1.29 is 4.79 Å². The third-order valence-corrected chi connectivity index (χ3v) is 3.48. The maximum Gasteiger partial charge on any atom is 0.159 e. The van der Waals surface area contributed by atoms with E-state index >= 15 is 0 Å². The van der Waals surface area contributed by atoms with Crippen LogP contribution in [0, 0.1) is 0 Å². The molecule has 0 atom stereocenters. The van der Waals surface area contributed by atoms with Crippen LogP contribution in [-0.4, -0.2) is 28.8 Å². The molecule has 0 saturated heterocycles. The summed E-state index contributed by atoms with van der Waals surface area (Å²) in [6, 6.07) is 7.20. The SMILES string of the molecule is CCN(CC)c1ncnc(Nc2ccc(C(C)=O)cc2)c1N. The number of anilines is 4. The zero-order valence-corrected chi connectivity index (χ0v) is 13.1. The zero-order chi connectivity index (χ0) is 16.1. The molecule has 0 radical (unpaired) electrons. The van der Waals surface area contributed by atoms with Gasteiger partial charge in [0.25, 0.3) is 0 Å². The molecule has 2 aromatic rings. The molecule has 0 saturated carbocycles. The number of ketones is 1. The van der Waals surface area contributed by atoms with Crippen LogP contribution in [0.4, 0.5) is 23.0 Å². The van der Waals surface area contributed by atoms with Crippen LogP contribution in [0.3, 0.4) is 0 Å². The van der Waals surface area contributed by atoms with Crippen molar-refractivity contribution in [3.05, 3.63) is 36.2 Å². The van der Waals surface area contributed by atoms with Crippen LogP contribution < -0.4 is 16.0 Å². The van der Waals surface area contributed by atoms with Crippen LogP contribution in [0.15, 0.2) is 30.6 Å². The van der Waals surface area contributed by atoms with Gasteiger partial charge in [0.05, 0.1) is 0 Å². The van der Waals surface area contributed by atoms with Crippen molar-refractivity contribution in [2.75, 3.05) is 29.0 Å². The summed E-state index contributed by atoms with van der Waals surface area (Å²) in [5.74, 6) is 1.33. The van der Waals surface area contributed by atoms with Gasteiger partial charge in [-0.05, 0) is 45.0 Å². The first kappa shape index (κ1) is 15.8. The van der Waals surface area contributed by atoms with E-state index in [2.05, 4.69) is 34.0 Å². The van der Waals surface area contributed by atoms with Crippen LogP contribution in [0.2, 0.25) is 0 Å². The van der Waals surface area contributed by atoms with E-state index in [4.69, 9.17) is 5.73 Å². The number of nitrogens with two attached hydrogens (primary N) is 1. The van der Waals surface area contributed by atoms with Crippen molar-refractivity contribution >= 4 is 28.8 Å². The molecule has 0 aliphatic carbocycles. The van der Waals surface area contributed by atoms with E-state index in [1.165, 1.54) is 6.33 Å². The molecule has 6 nitrogen and oxygen atoms in total. The van der Waals surface area contributed by atoms with Gasteiger partial charge in [-0.1, -0.05) is 0 Å². The van der Waals surface area contributed by atoms with Gasteiger partial charge in [-0.3, -0.25) is 4.79 Å². The minimum atomic E-state index is 0.0388. The summed E-state index contributed by atoms with van der Waals surface area (Å²) in [6.07, 6.45) is 1.50. The lowest BCUT2D eigenvalue weighted by Crippen LogP contribution is -2.24. The predicted molar refractivity (Wildman–Crippen MR) is 89.7 cm³/mol. The minimum Gasteiger partial charge on any atom is -0.393 e. The number of nitrogen functional groups attached to an aromatic ring is 1. The number of aromatic nitrogens is 2. The molecule has 0 spiro atoms. The Balaban J connectivity index is 2.26. The molecule has 1 aromatic carbocycles. The molecule has 0 amide bonds. The highest BCUT2D eigenvalue weighted by atomic mass is 16.1. The van der Waals surface area contributed by atoms with E-state index in [1.54, 1.807) is 19.1 Å². The van der Waals surface area contributed by atoms with Crippen LogP contribution in [0.5, 0.6) is 0 Å². The van der Waals surface area contributed by atoms with E-state index in [-0.39, 0.29) is 5.78 Å². The fourth-order valence-corrected chi connectivity index (χ4v) is 2.19. The number of carbonyl (C=O) groups is 1. The summed E-state index contributed by atoms with van der Waals surface area (Å²) in [4.78, 5) is 21.8. The molecule has 22 heavy (non-hydrogen) atoms. The Bertz CT molecular complexity index is 650. The molecule has 1 heterocycles. The molecule has 0 bridgehead atoms. The van der Waals surface area contributed by atoms with Crippen LogP contribution in [0.25, 0.3) is 0 Å². The summed E-state index contributed by atoms with van der Waals surface area (Å²) in [6.45, 7) is 7.30. The van der Waals surface area contributed by atoms with E-state index in [0.29, 0.717) is 17.1 Å². The molecule has 2 rings (SSSR count). The number of nitrogens with zero attached hydrogens (tertiary/aromatic N) is 3. The molecule has 3 N–H and O–H groups in total. The number of nitrogens with one attached hydrogen (secondary N) is 1. The first-order valence-electron chi connectivity index (χ1n) is 7.30. The number of hydrogen-bond acceptors (Lipinski definition) is 6. The van der Waals surface area contributed by atoms with Gasteiger partial charge >= 0.3 is 0 Å². The Hall–Kier alpha value is -2.63. The first-order valence-corrected chi connectivity index (χ1v) is 7.30. The number of benzene rings is 1. The fraction of sp³-hybridized carbons (Fsp3) is 0.312. The van der Waals surface area contributed by atoms with E-state index in [1.807, 2.05) is 12.1 Å². The molecule has 116 valence electrons. The first-order chi connectivity index (χ1) is 10.6. The predicted octanol–water partition coefficient (Wildman–Crippen LogP) is 2.85. The Morgan fingerprint density at radius 3 is 2.36 bits per heavy atom. The smallest absolute Gasteiger partial charge is 0.159 e. The molecular formula is C16H21N5O. The normalized spacial score (nSPS) is 10.3. The fourth-order valence-electron chi connectivity index (χ4n) is 2.19. The summed E-state index contributed by atoms with van der Waals surface area (Å²) >= 11 is 0. The van der Waals surface area contributed by atoms with Crippen LogP contribution in [0.1, 0.15) is 31.1 Å². The van der Waals surface area contributed by atoms with Gasteiger partial charge in [0.1, 0.15) is 12.0 Å². The highest BCUT2D eigenvalue weighted by molar-refractivity contribution is 5.94. The number of hydrogen-bond donors (Lipinski definition) is 2. The second-order valence-corrected chi connectivity index (χ2v) is 4.89. The van der Waals surface area contributed by atoms with Crippen molar-refractivity contribution in [1.29, 1.82) is 0 Å². The Kier molecular flexibility index (Phi) is 4.93. The van der Waals surface area contributed by atoms with Gasteiger partial charge in [0, 0.05) is 24.3 Å². The second kappa shape index (κ2) is 6.89. The molecule has 1 aromatic heterocycles. The van der Waals surface area contributed by atoms with Crippen molar-refractivity contribution in [1.82, 2.24) is 9.97 Å². The van der Waals surface area contributed by atoms with Gasteiger partial charge < -0.3 is 16.0 Å². The van der Waals surface area contributed by atoms with Gasteiger partial charge in [-0.2, -0.15) is 0 Å². The molecule has 0 aliphatic heterocycles. The van der Waals surface area contributed by atoms with E-state index < -0.39 is 0 Å². The Morgan fingerprint density at radius 2 is 1.82 bits per heavy atom. The Morgan fingerprint density at radius 1 is 1.18 bits per heavy atom.